The first-order valence-electron chi connectivity index (χ1n) is 7.21. The molecule has 2 aliphatic rings. The van der Waals surface area contributed by atoms with Crippen LogP contribution in [0.5, 0.6) is 0 Å². The fourth-order valence-corrected chi connectivity index (χ4v) is 2.63. The van der Waals surface area contributed by atoms with Crippen LogP contribution in [-0.2, 0) is 14.4 Å². The van der Waals surface area contributed by atoms with Crippen LogP contribution in [0.1, 0.15) is 33.6 Å². The summed E-state index contributed by atoms with van der Waals surface area (Å²) in [6.07, 6.45) is 5.10. The molecule has 5 nitrogen and oxygen atoms in total. The molecule has 3 amide bonds. The van der Waals surface area contributed by atoms with Gasteiger partial charge < -0.3 is 5.32 Å². The second-order valence-electron chi connectivity index (χ2n) is 6.02. The number of hydrogen-bond donors (Lipinski definition) is 1. The highest BCUT2D eigenvalue weighted by Gasteiger charge is 2.47. The van der Waals surface area contributed by atoms with E-state index < -0.39 is 0 Å². The summed E-state index contributed by atoms with van der Waals surface area (Å²) in [7, 11) is 0. The van der Waals surface area contributed by atoms with Gasteiger partial charge >= 0.3 is 0 Å². The zero-order valence-electron chi connectivity index (χ0n) is 12.3. The summed E-state index contributed by atoms with van der Waals surface area (Å²) in [5.74, 6) is -0.866. The van der Waals surface area contributed by atoms with Gasteiger partial charge in [-0.15, -0.1) is 0 Å². The first-order valence-corrected chi connectivity index (χ1v) is 7.21. The third-order valence-electron chi connectivity index (χ3n) is 4.29. The predicted octanol–water partition coefficient (Wildman–Crippen LogP) is 1.10. The zero-order valence-corrected chi connectivity index (χ0v) is 12.3. The summed E-state index contributed by atoms with van der Waals surface area (Å²) in [4.78, 5) is 37.5. The summed E-state index contributed by atoms with van der Waals surface area (Å²) in [5, 5.41) is 2.83. The van der Waals surface area contributed by atoms with E-state index in [1.807, 2.05) is 32.9 Å². The number of nitrogens with one attached hydrogen (secondary N) is 1. The van der Waals surface area contributed by atoms with E-state index >= 15 is 0 Å². The second-order valence-corrected chi connectivity index (χ2v) is 6.02. The monoisotopic (exact) mass is 278 g/mol. The molecule has 1 fully saturated rings. The summed E-state index contributed by atoms with van der Waals surface area (Å²) in [6.45, 7) is 5.79. The molecule has 20 heavy (non-hydrogen) atoms. The lowest BCUT2D eigenvalue weighted by Gasteiger charge is -2.20. The number of allylic oxidation sites excluding steroid dienone is 2. The van der Waals surface area contributed by atoms with Crippen molar-refractivity contribution in [2.75, 3.05) is 6.54 Å². The Morgan fingerprint density at radius 1 is 1.20 bits per heavy atom. The molecule has 0 radical (unpaired) electrons. The Labute approximate surface area is 119 Å². The van der Waals surface area contributed by atoms with Gasteiger partial charge in [-0.05, 0) is 25.7 Å². The molecule has 5 heteroatoms. The van der Waals surface area contributed by atoms with Crippen molar-refractivity contribution in [2.24, 2.45) is 17.8 Å². The number of carbonyl (C=O) groups excluding carboxylic acids is 3. The van der Waals surface area contributed by atoms with E-state index in [1.165, 1.54) is 0 Å². The Kier molecular flexibility index (Phi) is 4.26. The SMILES string of the molecule is CC(C)C(C)NC(=O)CN1C(=O)C2CC=CCC2C1=O. The first kappa shape index (κ1) is 14.8. The number of rotatable bonds is 4. The molecule has 0 bridgehead atoms. The van der Waals surface area contributed by atoms with Crippen LogP contribution in [0.4, 0.5) is 0 Å². The van der Waals surface area contributed by atoms with Crippen LogP contribution in [0.25, 0.3) is 0 Å². The number of carbonyl (C=O) groups is 3. The average molecular weight is 278 g/mol. The highest BCUT2D eigenvalue weighted by Crippen LogP contribution is 2.34. The Morgan fingerprint density at radius 3 is 2.15 bits per heavy atom. The molecule has 0 spiro atoms. The van der Waals surface area contributed by atoms with Crippen molar-refractivity contribution >= 4 is 17.7 Å². The molecule has 3 unspecified atom stereocenters. The van der Waals surface area contributed by atoms with Crippen molar-refractivity contribution in [3.8, 4) is 0 Å². The first-order chi connectivity index (χ1) is 9.41. The van der Waals surface area contributed by atoms with Crippen molar-refractivity contribution < 1.29 is 14.4 Å². The maximum atomic E-state index is 12.2. The van der Waals surface area contributed by atoms with E-state index in [1.54, 1.807) is 0 Å². The fraction of sp³-hybridized carbons (Fsp3) is 0.667. The molecule has 1 saturated heterocycles. The minimum absolute atomic E-state index is 0.0271. The smallest absolute Gasteiger partial charge is 0.240 e. The highest BCUT2D eigenvalue weighted by molar-refractivity contribution is 6.07. The van der Waals surface area contributed by atoms with Gasteiger partial charge in [0.05, 0.1) is 11.8 Å². The van der Waals surface area contributed by atoms with Crippen LogP contribution in [-0.4, -0.2) is 35.2 Å². The van der Waals surface area contributed by atoms with Crippen LogP contribution >= 0.6 is 0 Å². The summed E-state index contributed by atoms with van der Waals surface area (Å²) < 4.78 is 0. The minimum Gasteiger partial charge on any atom is -0.352 e. The van der Waals surface area contributed by atoms with Gasteiger partial charge in [0, 0.05) is 6.04 Å². The molecular weight excluding hydrogens is 256 g/mol. The van der Waals surface area contributed by atoms with Gasteiger partial charge in [-0.3, -0.25) is 19.3 Å². The molecule has 0 aromatic rings. The Hall–Kier alpha value is -1.65. The molecule has 0 saturated carbocycles. The van der Waals surface area contributed by atoms with Crippen LogP contribution < -0.4 is 5.32 Å². The van der Waals surface area contributed by atoms with Crippen LogP contribution in [0, 0.1) is 17.8 Å². The molecule has 2 rings (SSSR count). The van der Waals surface area contributed by atoms with Crippen LogP contribution in [0.3, 0.4) is 0 Å². The maximum Gasteiger partial charge on any atom is 0.240 e. The summed E-state index contributed by atoms with van der Waals surface area (Å²) in [5.41, 5.74) is 0. The Balaban J connectivity index is 1.98. The van der Waals surface area contributed by atoms with E-state index in [9.17, 15) is 14.4 Å². The fourth-order valence-electron chi connectivity index (χ4n) is 2.63. The van der Waals surface area contributed by atoms with Gasteiger partial charge in [-0.25, -0.2) is 0 Å². The molecule has 1 aliphatic heterocycles. The zero-order chi connectivity index (χ0) is 14.9. The molecule has 0 aromatic heterocycles. The van der Waals surface area contributed by atoms with Crippen molar-refractivity contribution in [2.45, 2.75) is 39.7 Å². The van der Waals surface area contributed by atoms with E-state index in [0.717, 1.165) is 4.90 Å². The predicted molar refractivity (Wildman–Crippen MR) is 74.5 cm³/mol. The molecule has 3 atom stereocenters. The molecule has 110 valence electrons. The van der Waals surface area contributed by atoms with Crippen molar-refractivity contribution in [1.29, 1.82) is 0 Å². The maximum absolute atomic E-state index is 12.2. The van der Waals surface area contributed by atoms with E-state index in [-0.39, 0.29) is 42.1 Å². The normalized spacial score (nSPS) is 26.9. The number of imide groups is 1. The van der Waals surface area contributed by atoms with Crippen molar-refractivity contribution in [3.05, 3.63) is 12.2 Å². The van der Waals surface area contributed by atoms with Crippen LogP contribution in [0.15, 0.2) is 12.2 Å². The molecular formula is C15H22N2O3. The van der Waals surface area contributed by atoms with E-state index in [4.69, 9.17) is 0 Å². The third-order valence-corrected chi connectivity index (χ3v) is 4.29. The number of fused-ring (bicyclic) bond motifs is 1. The lowest BCUT2D eigenvalue weighted by molar-refractivity contribution is -0.143. The Morgan fingerprint density at radius 2 is 1.70 bits per heavy atom. The lowest BCUT2D eigenvalue weighted by Crippen LogP contribution is -2.45. The standard InChI is InChI=1S/C15H22N2O3/c1-9(2)10(3)16-13(18)8-17-14(19)11-6-4-5-7-12(11)15(17)20/h4-5,9-12H,6-8H2,1-3H3,(H,16,18). The van der Waals surface area contributed by atoms with E-state index in [2.05, 4.69) is 5.32 Å². The number of likely N-dealkylation sites (tertiary alicyclic amines) is 1. The lowest BCUT2D eigenvalue weighted by atomic mass is 9.85. The molecule has 0 aromatic carbocycles. The minimum atomic E-state index is -0.264. The Bertz CT molecular complexity index is 430. The van der Waals surface area contributed by atoms with Gasteiger partial charge in [0.1, 0.15) is 6.54 Å². The quantitative estimate of drug-likeness (QED) is 0.618. The largest absolute Gasteiger partial charge is 0.352 e. The molecule has 1 heterocycles. The third kappa shape index (κ3) is 2.76. The second kappa shape index (κ2) is 5.77. The van der Waals surface area contributed by atoms with Gasteiger partial charge in [-0.1, -0.05) is 26.0 Å². The number of amides is 3. The average Bonchev–Trinajstić information content (AvgIpc) is 2.64. The van der Waals surface area contributed by atoms with E-state index in [0.29, 0.717) is 18.8 Å². The molecule has 1 aliphatic carbocycles. The van der Waals surface area contributed by atoms with Gasteiger partial charge in [0.2, 0.25) is 17.7 Å². The van der Waals surface area contributed by atoms with Crippen molar-refractivity contribution in [3.63, 3.8) is 0 Å². The van der Waals surface area contributed by atoms with Gasteiger partial charge in [0.15, 0.2) is 0 Å². The topological polar surface area (TPSA) is 66.5 Å². The van der Waals surface area contributed by atoms with Crippen LogP contribution in [0.2, 0.25) is 0 Å². The van der Waals surface area contributed by atoms with Gasteiger partial charge in [-0.2, -0.15) is 0 Å². The summed E-state index contributed by atoms with van der Waals surface area (Å²) in [6, 6.07) is 0.0271. The van der Waals surface area contributed by atoms with Crippen molar-refractivity contribution in [1.82, 2.24) is 10.2 Å². The highest BCUT2D eigenvalue weighted by atomic mass is 16.2. The van der Waals surface area contributed by atoms with Gasteiger partial charge in [0.25, 0.3) is 0 Å². The summed E-state index contributed by atoms with van der Waals surface area (Å²) >= 11 is 0. The number of nitrogens with zero attached hydrogens (tertiary/aromatic N) is 1. The number of hydrogen-bond acceptors (Lipinski definition) is 3. The molecule has 1 N–H and O–H groups in total.